The van der Waals surface area contributed by atoms with E-state index in [0.29, 0.717) is 34.5 Å². The molecule has 0 aliphatic heterocycles. The van der Waals surface area contributed by atoms with Crippen LogP contribution in [0.5, 0.6) is 0 Å². The van der Waals surface area contributed by atoms with Gasteiger partial charge in [0.15, 0.2) is 0 Å². The van der Waals surface area contributed by atoms with Crippen molar-refractivity contribution >= 4 is 45.9 Å². The van der Waals surface area contributed by atoms with Crippen LogP contribution in [0.1, 0.15) is 22.0 Å². The molecule has 0 atom stereocenters. The molecule has 4 rings (SSSR count). The van der Waals surface area contributed by atoms with Gasteiger partial charge < -0.3 is 15.1 Å². The second-order valence-electron chi connectivity index (χ2n) is 6.07. The van der Waals surface area contributed by atoms with Crippen molar-refractivity contribution in [1.29, 1.82) is 0 Å². The van der Waals surface area contributed by atoms with Crippen LogP contribution in [0.3, 0.4) is 0 Å². The van der Waals surface area contributed by atoms with Gasteiger partial charge in [0.1, 0.15) is 0 Å². The Labute approximate surface area is 174 Å². The fourth-order valence-corrected chi connectivity index (χ4v) is 3.83. The fourth-order valence-electron chi connectivity index (χ4n) is 2.58. The van der Waals surface area contributed by atoms with Crippen LogP contribution >= 0.6 is 22.7 Å². The highest BCUT2D eigenvalue weighted by Crippen LogP contribution is 2.21. The number of carbonyl (C=O) groups excluding carboxylic acids is 2. The van der Waals surface area contributed by atoms with Crippen molar-refractivity contribution in [1.82, 2.24) is 10.2 Å². The van der Waals surface area contributed by atoms with Crippen LogP contribution in [0.25, 0.3) is 11.5 Å². The molecule has 2 amide bonds. The summed E-state index contributed by atoms with van der Waals surface area (Å²) >= 11 is 2.92. The minimum Gasteiger partial charge on any atom is -0.421 e. The molecule has 0 saturated carbocycles. The Morgan fingerprint density at radius 2 is 1.86 bits per heavy atom. The average Bonchev–Trinajstić information content (AvgIpc) is 3.49. The highest BCUT2D eigenvalue weighted by molar-refractivity contribution is 7.12. The van der Waals surface area contributed by atoms with Crippen molar-refractivity contribution in [2.75, 3.05) is 10.6 Å². The van der Waals surface area contributed by atoms with Crippen LogP contribution in [0.2, 0.25) is 0 Å². The van der Waals surface area contributed by atoms with E-state index >= 15 is 0 Å². The van der Waals surface area contributed by atoms with Gasteiger partial charge in [-0.05, 0) is 41.1 Å². The topological polar surface area (TPSA) is 97.1 Å². The van der Waals surface area contributed by atoms with E-state index in [-0.39, 0.29) is 18.2 Å². The number of amides is 2. The Bertz CT molecular complexity index is 1100. The van der Waals surface area contributed by atoms with E-state index in [2.05, 4.69) is 20.8 Å². The van der Waals surface area contributed by atoms with E-state index in [4.69, 9.17) is 4.42 Å². The predicted octanol–water partition coefficient (Wildman–Crippen LogP) is 4.68. The smallest absolute Gasteiger partial charge is 0.265 e. The van der Waals surface area contributed by atoms with Crippen molar-refractivity contribution in [2.24, 2.45) is 0 Å². The summed E-state index contributed by atoms with van der Waals surface area (Å²) in [4.78, 5) is 25.0. The van der Waals surface area contributed by atoms with Crippen molar-refractivity contribution in [3.63, 3.8) is 0 Å². The van der Waals surface area contributed by atoms with Gasteiger partial charge in [-0.2, -0.15) is 11.3 Å². The quantitative estimate of drug-likeness (QED) is 0.449. The second kappa shape index (κ2) is 8.80. The number of thiophene rings is 2. The van der Waals surface area contributed by atoms with Crippen molar-refractivity contribution in [3.8, 4) is 11.5 Å². The second-order valence-corrected chi connectivity index (χ2v) is 7.80. The third-order valence-corrected chi connectivity index (χ3v) is 5.50. The van der Waals surface area contributed by atoms with Crippen LogP contribution in [-0.4, -0.2) is 22.0 Å². The average molecular weight is 425 g/mol. The lowest BCUT2D eigenvalue weighted by molar-refractivity contribution is -0.116. The first-order chi connectivity index (χ1) is 14.2. The van der Waals surface area contributed by atoms with Gasteiger partial charge in [-0.25, -0.2) is 0 Å². The molecule has 3 aromatic heterocycles. The SMILES string of the molecule is O=C(CCc1nnc(-c2ccsc2)o1)Nc1cccc(NC(=O)c2cccs2)c1. The number of hydrogen-bond donors (Lipinski definition) is 2. The predicted molar refractivity (Wildman–Crippen MR) is 113 cm³/mol. The van der Waals surface area contributed by atoms with Gasteiger partial charge in [0.2, 0.25) is 17.7 Å². The normalized spacial score (nSPS) is 10.6. The first-order valence-electron chi connectivity index (χ1n) is 8.77. The Hall–Kier alpha value is -3.30. The fraction of sp³-hybridized carbons (Fsp3) is 0.100. The van der Waals surface area contributed by atoms with Crippen molar-refractivity contribution < 1.29 is 14.0 Å². The molecular weight excluding hydrogens is 408 g/mol. The molecule has 0 fully saturated rings. The van der Waals surface area contributed by atoms with E-state index in [0.717, 1.165) is 5.56 Å². The standard InChI is InChI=1S/C20H16N4O3S2/c25-17(6-7-18-23-24-20(27-18)13-8-10-28-12-13)21-14-3-1-4-15(11-14)22-19(26)16-5-2-9-29-16/h1-5,8-12H,6-7H2,(H,21,25)(H,22,26). The third kappa shape index (κ3) is 4.95. The van der Waals surface area contributed by atoms with Gasteiger partial charge in [-0.3, -0.25) is 9.59 Å². The molecule has 4 aromatic rings. The molecule has 146 valence electrons. The number of nitrogens with one attached hydrogen (secondary N) is 2. The van der Waals surface area contributed by atoms with Gasteiger partial charge in [-0.1, -0.05) is 12.1 Å². The molecule has 29 heavy (non-hydrogen) atoms. The minimum atomic E-state index is -0.179. The number of aryl methyl sites for hydroxylation is 1. The monoisotopic (exact) mass is 424 g/mol. The maximum Gasteiger partial charge on any atom is 0.265 e. The Kier molecular flexibility index (Phi) is 5.78. The molecule has 9 heteroatoms. The number of anilines is 2. The lowest BCUT2D eigenvalue weighted by Gasteiger charge is -2.08. The highest BCUT2D eigenvalue weighted by atomic mass is 32.1. The molecule has 0 unspecified atom stereocenters. The van der Waals surface area contributed by atoms with Crippen LogP contribution in [0.4, 0.5) is 11.4 Å². The summed E-state index contributed by atoms with van der Waals surface area (Å²) < 4.78 is 5.58. The third-order valence-electron chi connectivity index (χ3n) is 3.95. The van der Waals surface area contributed by atoms with Crippen molar-refractivity contribution in [3.05, 3.63) is 69.4 Å². The van der Waals surface area contributed by atoms with Gasteiger partial charge in [0.25, 0.3) is 5.91 Å². The van der Waals surface area contributed by atoms with Crippen molar-refractivity contribution in [2.45, 2.75) is 12.8 Å². The Balaban J connectivity index is 1.31. The maximum absolute atomic E-state index is 12.3. The van der Waals surface area contributed by atoms with E-state index in [9.17, 15) is 9.59 Å². The summed E-state index contributed by atoms with van der Waals surface area (Å²) in [6.07, 6.45) is 0.550. The number of hydrogen-bond acceptors (Lipinski definition) is 7. The molecule has 0 aliphatic rings. The molecular formula is C20H16N4O3S2. The summed E-state index contributed by atoms with van der Waals surface area (Å²) in [5.41, 5.74) is 2.08. The largest absolute Gasteiger partial charge is 0.421 e. The summed E-state index contributed by atoms with van der Waals surface area (Å²) in [7, 11) is 0. The zero-order valence-corrected chi connectivity index (χ0v) is 16.8. The number of carbonyl (C=O) groups is 2. The van der Waals surface area contributed by atoms with Gasteiger partial charge in [0.05, 0.1) is 4.88 Å². The molecule has 1 aromatic carbocycles. The minimum absolute atomic E-state index is 0.179. The van der Waals surface area contributed by atoms with E-state index in [1.807, 2.05) is 28.3 Å². The molecule has 0 spiro atoms. The zero-order valence-electron chi connectivity index (χ0n) is 15.1. The first-order valence-corrected chi connectivity index (χ1v) is 10.6. The molecule has 0 saturated heterocycles. The summed E-state index contributed by atoms with van der Waals surface area (Å²) in [5.74, 6) is 0.512. The summed E-state index contributed by atoms with van der Waals surface area (Å²) in [6.45, 7) is 0. The van der Waals surface area contributed by atoms with Crippen LogP contribution in [0.15, 0.2) is 63.0 Å². The molecule has 0 radical (unpaired) electrons. The summed E-state index contributed by atoms with van der Waals surface area (Å²) in [5, 5.41) is 19.3. The van der Waals surface area contributed by atoms with Gasteiger partial charge in [0, 0.05) is 35.2 Å². The van der Waals surface area contributed by atoms with Crippen LogP contribution in [0, 0.1) is 0 Å². The lowest BCUT2D eigenvalue weighted by atomic mass is 10.2. The van der Waals surface area contributed by atoms with E-state index < -0.39 is 0 Å². The Morgan fingerprint density at radius 3 is 2.62 bits per heavy atom. The molecule has 0 aliphatic carbocycles. The maximum atomic E-state index is 12.3. The van der Waals surface area contributed by atoms with E-state index in [1.165, 1.54) is 11.3 Å². The highest BCUT2D eigenvalue weighted by Gasteiger charge is 2.12. The van der Waals surface area contributed by atoms with Gasteiger partial charge >= 0.3 is 0 Å². The Morgan fingerprint density at radius 1 is 1.00 bits per heavy atom. The van der Waals surface area contributed by atoms with E-state index in [1.54, 1.807) is 41.7 Å². The lowest BCUT2D eigenvalue weighted by Crippen LogP contribution is -2.13. The molecule has 2 N–H and O–H groups in total. The van der Waals surface area contributed by atoms with Crippen LogP contribution in [-0.2, 0) is 11.2 Å². The number of aromatic nitrogens is 2. The number of rotatable bonds is 7. The molecule has 3 heterocycles. The molecule has 0 bridgehead atoms. The van der Waals surface area contributed by atoms with Crippen LogP contribution < -0.4 is 10.6 Å². The number of nitrogens with zero attached hydrogens (tertiary/aromatic N) is 2. The number of benzene rings is 1. The molecule has 7 nitrogen and oxygen atoms in total. The first kappa shape index (κ1) is 19.0. The zero-order chi connectivity index (χ0) is 20.1. The summed E-state index contributed by atoms with van der Waals surface area (Å²) in [6, 6.07) is 12.5. The van der Waals surface area contributed by atoms with Gasteiger partial charge in [-0.15, -0.1) is 21.5 Å².